The fraction of sp³-hybridized carbons (Fsp3) is 0.316. The summed E-state index contributed by atoms with van der Waals surface area (Å²) in [6.07, 6.45) is 2.84. The number of hydrogen-bond donors (Lipinski definition) is 0. The number of benzene rings is 2. The van der Waals surface area contributed by atoms with E-state index >= 15 is 0 Å². The first-order valence-corrected chi connectivity index (χ1v) is 7.95. The topological polar surface area (TPSA) is 21.5 Å². The number of nitrogens with zero attached hydrogens (tertiary/aromatic N) is 1. The maximum Gasteiger partial charge on any atom is 0.231 e. The first-order chi connectivity index (χ1) is 11.2. The summed E-state index contributed by atoms with van der Waals surface area (Å²) < 4.78 is 26.4. The lowest BCUT2D eigenvalue weighted by Gasteiger charge is -2.17. The molecular weight excluding hydrogens is 373 g/mol. The summed E-state index contributed by atoms with van der Waals surface area (Å²) in [4.78, 5) is 0. The van der Waals surface area contributed by atoms with Crippen molar-refractivity contribution in [2.45, 2.75) is 19.3 Å². The van der Waals surface area contributed by atoms with E-state index < -0.39 is 0 Å². The average molecular weight is 392 g/mol. The highest BCUT2D eigenvalue weighted by Gasteiger charge is 2.27. The van der Waals surface area contributed by atoms with Crippen molar-refractivity contribution < 1.29 is 35.4 Å². The second-order valence-corrected chi connectivity index (χ2v) is 6.11. The van der Waals surface area contributed by atoms with Gasteiger partial charge < -0.3 is 26.5 Å². The minimum Gasteiger partial charge on any atom is -1.00 e. The molecular formula is C19H19BrFNO2. The third kappa shape index (κ3) is 3.18. The van der Waals surface area contributed by atoms with Crippen LogP contribution in [0.15, 0.2) is 36.4 Å². The van der Waals surface area contributed by atoms with Crippen LogP contribution in [-0.4, -0.2) is 30.7 Å². The van der Waals surface area contributed by atoms with Crippen molar-refractivity contribution in [1.82, 2.24) is 0 Å². The molecule has 0 N–H and O–H groups in total. The molecule has 0 fully saturated rings. The van der Waals surface area contributed by atoms with Gasteiger partial charge in [0, 0.05) is 18.4 Å². The zero-order valence-electron chi connectivity index (χ0n) is 13.5. The maximum absolute atomic E-state index is 13.0. The number of fused-ring (bicyclic) bond motifs is 2. The van der Waals surface area contributed by atoms with Crippen molar-refractivity contribution in [3.05, 3.63) is 58.9 Å². The molecule has 4 rings (SSSR count). The molecule has 2 aromatic rings. The fourth-order valence-corrected chi connectivity index (χ4v) is 3.33. The van der Waals surface area contributed by atoms with E-state index in [1.54, 1.807) is 0 Å². The Labute approximate surface area is 151 Å². The van der Waals surface area contributed by atoms with Crippen molar-refractivity contribution >= 4 is 5.71 Å². The van der Waals surface area contributed by atoms with E-state index in [9.17, 15) is 4.39 Å². The highest BCUT2D eigenvalue weighted by Crippen LogP contribution is 2.36. The van der Waals surface area contributed by atoms with Crippen LogP contribution in [0.4, 0.5) is 4.39 Å². The van der Waals surface area contributed by atoms with Gasteiger partial charge in [-0.2, -0.15) is 0 Å². The predicted molar refractivity (Wildman–Crippen MR) is 86.2 cm³/mol. The van der Waals surface area contributed by atoms with Gasteiger partial charge in [0.2, 0.25) is 6.79 Å². The molecule has 0 atom stereocenters. The normalized spacial score (nSPS) is 15.1. The fourth-order valence-electron chi connectivity index (χ4n) is 3.33. The minimum absolute atomic E-state index is 0. The lowest BCUT2D eigenvalue weighted by atomic mass is 9.92. The molecule has 0 radical (unpaired) electrons. The molecule has 2 aliphatic rings. The van der Waals surface area contributed by atoms with Crippen LogP contribution >= 0.6 is 0 Å². The zero-order valence-corrected chi connectivity index (χ0v) is 15.1. The highest BCUT2D eigenvalue weighted by molar-refractivity contribution is 5.99. The second kappa shape index (κ2) is 6.93. The van der Waals surface area contributed by atoms with Gasteiger partial charge in [0.1, 0.15) is 19.4 Å². The Balaban J connectivity index is 0.00000169. The van der Waals surface area contributed by atoms with Crippen molar-refractivity contribution in [3.63, 3.8) is 0 Å². The SMILES string of the molecule is C[N+]1=C(CCc2ccc(F)cc2)c2cc3c(cc2CC1)OCO3.[Br-]. The first-order valence-electron chi connectivity index (χ1n) is 7.95. The Morgan fingerprint density at radius 1 is 1.04 bits per heavy atom. The monoisotopic (exact) mass is 391 g/mol. The predicted octanol–water partition coefficient (Wildman–Crippen LogP) is 0.179. The highest BCUT2D eigenvalue weighted by atomic mass is 79.9. The summed E-state index contributed by atoms with van der Waals surface area (Å²) in [6, 6.07) is 11.0. The lowest BCUT2D eigenvalue weighted by Crippen LogP contribution is -3.00. The molecule has 2 aliphatic heterocycles. The molecule has 0 unspecified atom stereocenters. The summed E-state index contributed by atoms with van der Waals surface area (Å²) >= 11 is 0. The molecule has 126 valence electrons. The Morgan fingerprint density at radius 3 is 2.50 bits per heavy atom. The van der Waals surface area contributed by atoms with Gasteiger partial charge in [-0.05, 0) is 41.8 Å². The molecule has 0 saturated carbocycles. The van der Waals surface area contributed by atoms with Gasteiger partial charge in [-0.25, -0.2) is 8.97 Å². The Kier molecular flexibility index (Phi) is 4.90. The first kappa shape index (κ1) is 17.0. The van der Waals surface area contributed by atoms with Crippen LogP contribution in [0, 0.1) is 5.82 Å². The van der Waals surface area contributed by atoms with Gasteiger partial charge in [0.25, 0.3) is 0 Å². The van der Waals surface area contributed by atoms with Gasteiger partial charge >= 0.3 is 0 Å². The molecule has 2 aromatic carbocycles. The summed E-state index contributed by atoms with van der Waals surface area (Å²) in [5, 5.41) is 0. The number of ether oxygens (including phenoxy) is 2. The van der Waals surface area contributed by atoms with E-state index in [-0.39, 0.29) is 22.8 Å². The standard InChI is InChI=1S/C19H19FNO2.BrH/c1-21-9-8-14-10-18-19(23-12-22-18)11-16(14)17(21)7-4-13-2-5-15(20)6-3-13;/h2-3,5-6,10-11H,4,7-9,12H2,1H3;1H/q+1;/p-1. The van der Waals surface area contributed by atoms with Crippen LogP contribution in [0.5, 0.6) is 11.5 Å². The number of rotatable bonds is 3. The quantitative estimate of drug-likeness (QED) is 0.696. The number of likely N-dealkylation sites (N-methyl/N-ethyl adjacent to an activating group) is 1. The molecule has 0 aliphatic carbocycles. The van der Waals surface area contributed by atoms with Crippen LogP contribution in [0.25, 0.3) is 0 Å². The minimum atomic E-state index is -0.186. The lowest BCUT2D eigenvalue weighted by molar-refractivity contribution is -0.499. The molecule has 24 heavy (non-hydrogen) atoms. The second-order valence-electron chi connectivity index (χ2n) is 6.11. The smallest absolute Gasteiger partial charge is 0.231 e. The van der Waals surface area contributed by atoms with Gasteiger partial charge in [0.15, 0.2) is 17.2 Å². The van der Waals surface area contributed by atoms with Crippen LogP contribution in [0.1, 0.15) is 23.1 Å². The summed E-state index contributed by atoms with van der Waals surface area (Å²) in [5.41, 5.74) is 5.04. The average Bonchev–Trinajstić information content (AvgIpc) is 3.01. The molecule has 2 heterocycles. The molecule has 0 saturated heterocycles. The van der Waals surface area contributed by atoms with Gasteiger partial charge in [-0.1, -0.05) is 12.1 Å². The van der Waals surface area contributed by atoms with Gasteiger partial charge in [0.05, 0.1) is 0 Å². The Hall–Kier alpha value is -1.88. The number of halogens is 2. The van der Waals surface area contributed by atoms with E-state index in [4.69, 9.17) is 9.47 Å². The third-order valence-electron chi connectivity index (χ3n) is 4.65. The van der Waals surface area contributed by atoms with Crippen molar-refractivity contribution in [1.29, 1.82) is 0 Å². The zero-order chi connectivity index (χ0) is 15.8. The molecule has 0 amide bonds. The van der Waals surface area contributed by atoms with E-state index in [2.05, 4.69) is 23.8 Å². The molecule has 0 aromatic heterocycles. The summed E-state index contributed by atoms with van der Waals surface area (Å²) in [5.74, 6) is 1.50. The van der Waals surface area contributed by atoms with Crippen LogP contribution in [-0.2, 0) is 12.8 Å². The van der Waals surface area contributed by atoms with Gasteiger partial charge in [-0.15, -0.1) is 0 Å². The van der Waals surface area contributed by atoms with Crippen LogP contribution in [0.3, 0.4) is 0 Å². The largest absolute Gasteiger partial charge is 1.00 e. The van der Waals surface area contributed by atoms with E-state index in [1.807, 2.05) is 12.1 Å². The van der Waals surface area contributed by atoms with Crippen LogP contribution < -0.4 is 26.5 Å². The number of aryl methyl sites for hydroxylation is 1. The summed E-state index contributed by atoms with van der Waals surface area (Å²) in [6.45, 7) is 1.31. The van der Waals surface area contributed by atoms with E-state index in [0.29, 0.717) is 6.79 Å². The molecule has 5 heteroatoms. The summed E-state index contributed by atoms with van der Waals surface area (Å²) in [7, 11) is 2.13. The maximum atomic E-state index is 13.0. The number of hydrogen-bond acceptors (Lipinski definition) is 2. The van der Waals surface area contributed by atoms with Crippen molar-refractivity contribution in [2.24, 2.45) is 0 Å². The Morgan fingerprint density at radius 2 is 1.75 bits per heavy atom. The van der Waals surface area contributed by atoms with E-state index in [0.717, 1.165) is 42.9 Å². The molecule has 0 bridgehead atoms. The van der Waals surface area contributed by atoms with E-state index in [1.165, 1.54) is 29.0 Å². The molecule has 3 nitrogen and oxygen atoms in total. The third-order valence-corrected chi connectivity index (χ3v) is 4.65. The Bertz CT molecular complexity index is 787. The van der Waals surface area contributed by atoms with Crippen molar-refractivity contribution in [2.75, 3.05) is 20.4 Å². The van der Waals surface area contributed by atoms with Gasteiger partial charge in [-0.3, -0.25) is 0 Å². The molecule has 0 spiro atoms. The van der Waals surface area contributed by atoms with Crippen molar-refractivity contribution in [3.8, 4) is 11.5 Å². The van der Waals surface area contributed by atoms with Crippen LogP contribution in [0.2, 0.25) is 0 Å².